The van der Waals surface area contributed by atoms with Crippen molar-refractivity contribution in [2.45, 2.75) is 39.5 Å². The highest BCUT2D eigenvalue weighted by atomic mass is 16.5. The number of ether oxygens (including phenoxy) is 1. The minimum atomic E-state index is -0.428. The van der Waals surface area contributed by atoms with Crippen molar-refractivity contribution >= 4 is 17.7 Å². The van der Waals surface area contributed by atoms with Gasteiger partial charge in [-0.1, -0.05) is 12.8 Å². The van der Waals surface area contributed by atoms with Crippen LogP contribution in [0.1, 0.15) is 57.8 Å². The van der Waals surface area contributed by atoms with Gasteiger partial charge in [0.1, 0.15) is 0 Å². The summed E-state index contributed by atoms with van der Waals surface area (Å²) in [6.45, 7) is 9.15. The molecule has 2 fully saturated rings. The number of aromatic amines is 1. The van der Waals surface area contributed by atoms with Crippen LogP contribution in [0.25, 0.3) is 0 Å². The summed E-state index contributed by atoms with van der Waals surface area (Å²) in [6, 6.07) is 0. The molecule has 0 radical (unpaired) electrons. The number of likely N-dealkylation sites (tertiary alicyclic amines) is 1. The first-order valence-corrected chi connectivity index (χ1v) is 10.9. The van der Waals surface area contributed by atoms with E-state index in [1.54, 1.807) is 13.8 Å². The SMILES string of the molecule is COC(=O)c1c(C)[nH]c(C(=O)CN2CCN(CC(=O)N3CCCCCC3)CC2)c1C. The average molecular weight is 419 g/mol. The quantitative estimate of drug-likeness (QED) is 0.558. The van der Waals surface area contributed by atoms with Crippen LogP contribution in [0.5, 0.6) is 0 Å². The summed E-state index contributed by atoms with van der Waals surface area (Å²) >= 11 is 0. The molecule has 0 atom stereocenters. The zero-order valence-corrected chi connectivity index (χ0v) is 18.5. The number of carbonyl (C=O) groups is 3. The number of ketones is 1. The van der Waals surface area contributed by atoms with Gasteiger partial charge in [-0.3, -0.25) is 19.4 Å². The van der Waals surface area contributed by atoms with E-state index < -0.39 is 5.97 Å². The molecule has 2 aliphatic rings. The maximum atomic E-state index is 12.8. The Morgan fingerprint density at radius 2 is 1.43 bits per heavy atom. The molecule has 2 aliphatic heterocycles. The number of nitrogens with zero attached hydrogens (tertiary/aromatic N) is 3. The number of esters is 1. The van der Waals surface area contributed by atoms with Crippen molar-refractivity contribution in [3.05, 3.63) is 22.5 Å². The fourth-order valence-electron chi connectivity index (χ4n) is 4.44. The smallest absolute Gasteiger partial charge is 0.339 e. The van der Waals surface area contributed by atoms with Crippen LogP contribution in [0.4, 0.5) is 0 Å². The van der Waals surface area contributed by atoms with E-state index in [0.29, 0.717) is 35.6 Å². The van der Waals surface area contributed by atoms with E-state index in [4.69, 9.17) is 4.74 Å². The summed E-state index contributed by atoms with van der Waals surface area (Å²) in [6.07, 6.45) is 4.66. The van der Waals surface area contributed by atoms with Gasteiger partial charge in [0.05, 0.1) is 31.5 Å². The highest BCUT2D eigenvalue weighted by Gasteiger charge is 2.26. The minimum absolute atomic E-state index is 0.0279. The van der Waals surface area contributed by atoms with Crippen LogP contribution < -0.4 is 0 Å². The number of amides is 1. The van der Waals surface area contributed by atoms with Gasteiger partial charge in [0, 0.05) is 45.0 Å². The number of piperazine rings is 1. The molecule has 30 heavy (non-hydrogen) atoms. The van der Waals surface area contributed by atoms with Crippen molar-refractivity contribution in [3.63, 3.8) is 0 Å². The molecule has 0 saturated carbocycles. The lowest BCUT2D eigenvalue weighted by Crippen LogP contribution is -2.51. The predicted molar refractivity (Wildman–Crippen MR) is 114 cm³/mol. The second kappa shape index (κ2) is 10.2. The Bertz CT molecular complexity index is 772. The summed E-state index contributed by atoms with van der Waals surface area (Å²) in [7, 11) is 1.34. The third-order valence-electron chi connectivity index (χ3n) is 6.26. The molecule has 2 saturated heterocycles. The molecule has 0 unspecified atom stereocenters. The second-order valence-corrected chi connectivity index (χ2v) is 8.39. The van der Waals surface area contributed by atoms with E-state index >= 15 is 0 Å². The second-order valence-electron chi connectivity index (χ2n) is 8.39. The maximum Gasteiger partial charge on any atom is 0.339 e. The zero-order chi connectivity index (χ0) is 21.7. The molecule has 8 nitrogen and oxygen atoms in total. The third-order valence-corrected chi connectivity index (χ3v) is 6.26. The molecule has 8 heteroatoms. The fourth-order valence-corrected chi connectivity index (χ4v) is 4.44. The first-order chi connectivity index (χ1) is 14.4. The molecular weight excluding hydrogens is 384 g/mol. The Morgan fingerprint density at radius 1 is 0.867 bits per heavy atom. The molecule has 1 N–H and O–H groups in total. The molecule has 0 aliphatic carbocycles. The molecule has 0 aromatic carbocycles. The Morgan fingerprint density at radius 3 is 2.00 bits per heavy atom. The van der Waals surface area contributed by atoms with Gasteiger partial charge in [-0.05, 0) is 32.3 Å². The number of hydrogen-bond donors (Lipinski definition) is 1. The largest absolute Gasteiger partial charge is 0.465 e. The fraction of sp³-hybridized carbons (Fsp3) is 0.682. The first kappa shape index (κ1) is 22.5. The number of carbonyl (C=O) groups excluding carboxylic acids is 3. The number of rotatable bonds is 6. The van der Waals surface area contributed by atoms with Crippen LogP contribution in [0.3, 0.4) is 0 Å². The van der Waals surface area contributed by atoms with Gasteiger partial charge in [-0.15, -0.1) is 0 Å². The molecule has 1 amide bonds. The van der Waals surface area contributed by atoms with Gasteiger partial charge in [-0.25, -0.2) is 4.79 Å². The summed E-state index contributed by atoms with van der Waals surface area (Å²) < 4.78 is 4.82. The van der Waals surface area contributed by atoms with Crippen molar-refractivity contribution in [1.82, 2.24) is 19.7 Å². The molecule has 0 spiro atoms. The summed E-state index contributed by atoms with van der Waals surface area (Å²) in [5.41, 5.74) is 2.22. The number of nitrogens with one attached hydrogen (secondary N) is 1. The topological polar surface area (TPSA) is 86.0 Å². The van der Waals surface area contributed by atoms with E-state index in [1.807, 2.05) is 4.90 Å². The predicted octanol–water partition coefficient (Wildman–Crippen LogP) is 1.62. The summed E-state index contributed by atoms with van der Waals surface area (Å²) in [4.78, 5) is 46.7. The van der Waals surface area contributed by atoms with Gasteiger partial charge in [0.2, 0.25) is 5.91 Å². The molecule has 3 heterocycles. The lowest BCUT2D eigenvalue weighted by atomic mass is 10.1. The first-order valence-electron chi connectivity index (χ1n) is 10.9. The Balaban J connectivity index is 1.49. The molecular formula is C22H34N4O4. The van der Waals surface area contributed by atoms with Gasteiger partial charge < -0.3 is 14.6 Å². The van der Waals surface area contributed by atoms with E-state index in [0.717, 1.165) is 52.1 Å². The number of Topliss-reactive ketones (excluding diaryl/α,β-unsaturated/α-hetero) is 1. The van der Waals surface area contributed by atoms with Crippen LogP contribution in [0, 0.1) is 13.8 Å². The highest BCUT2D eigenvalue weighted by Crippen LogP contribution is 2.20. The number of H-pyrrole nitrogens is 1. The van der Waals surface area contributed by atoms with E-state index in [9.17, 15) is 14.4 Å². The van der Waals surface area contributed by atoms with Crippen LogP contribution in [-0.2, 0) is 9.53 Å². The third kappa shape index (κ3) is 5.29. The molecule has 0 bridgehead atoms. The molecule has 166 valence electrons. The normalized spacial score (nSPS) is 18.8. The monoisotopic (exact) mass is 418 g/mol. The van der Waals surface area contributed by atoms with Gasteiger partial charge in [0.25, 0.3) is 0 Å². The average Bonchev–Trinajstić information content (AvgIpc) is 2.91. The van der Waals surface area contributed by atoms with Gasteiger partial charge in [-0.2, -0.15) is 0 Å². The number of methoxy groups -OCH3 is 1. The standard InChI is InChI=1S/C22H34N4O4/c1-16-20(22(29)30-3)17(2)23-21(16)18(27)14-24-10-12-25(13-11-24)15-19(28)26-8-6-4-5-7-9-26/h23H,4-15H2,1-3H3. The van der Waals surface area contributed by atoms with Crippen LogP contribution in [0.15, 0.2) is 0 Å². The van der Waals surface area contributed by atoms with Crippen molar-refractivity contribution in [2.24, 2.45) is 0 Å². The lowest BCUT2D eigenvalue weighted by molar-refractivity contribution is -0.132. The Hall–Kier alpha value is -2.19. The highest BCUT2D eigenvalue weighted by molar-refractivity contribution is 6.02. The van der Waals surface area contributed by atoms with Crippen molar-refractivity contribution < 1.29 is 19.1 Å². The van der Waals surface area contributed by atoms with Crippen molar-refractivity contribution in [1.29, 1.82) is 0 Å². The van der Waals surface area contributed by atoms with E-state index in [-0.39, 0.29) is 11.7 Å². The maximum absolute atomic E-state index is 12.8. The van der Waals surface area contributed by atoms with Gasteiger partial charge in [0.15, 0.2) is 5.78 Å². The summed E-state index contributed by atoms with van der Waals surface area (Å²) in [5.74, 6) is -0.225. The number of hydrogen-bond acceptors (Lipinski definition) is 6. The van der Waals surface area contributed by atoms with E-state index in [1.165, 1.54) is 20.0 Å². The van der Waals surface area contributed by atoms with Crippen molar-refractivity contribution in [2.75, 3.05) is 59.5 Å². The minimum Gasteiger partial charge on any atom is -0.465 e. The van der Waals surface area contributed by atoms with E-state index in [2.05, 4.69) is 14.8 Å². The van der Waals surface area contributed by atoms with Crippen LogP contribution >= 0.6 is 0 Å². The van der Waals surface area contributed by atoms with Gasteiger partial charge >= 0.3 is 5.97 Å². The lowest BCUT2D eigenvalue weighted by Gasteiger charge is -2.35. The molecule has 1 aromatic rings. The molecule has 1 aromatic heterocycles. The zero-order valence-electron chi connectivity index (χ0n) is 18.5. The Kier molecular flexibility index (Phi) is 7.66. The molecule has 3 rings (SSSR count). The van der Waals surface area contributed by atoms with Crippen molar-refractivity contribution in [3.8, 4) is 0 Å². The number of aryl methyl sites for hydroxylation is 1. The summed E-state index contributed by atoms with van der Waals surface area (Å²) in [5, 5.41) is 0. The van der Waals surface area contributed by atoms with Crippen LogP contribution in [0.2, 0.25) is 0 Å². The Labute approximate surface area is 178 Å². The number of aromatic nitrogens is 1. The van der Waals surface area contributed by atoms with Crippen LogP contribution in [-0.4, -0.2) is 96.8 Å².